The molecule has 0 spiro atoms. The third kappa shape index (κ3) is 4.70. The Morgan fingerprint density at radius 1 is 1.15 bits per heavy atom. The van der Waals surface area contributed by atoms with Crippen LogP contribution in [0.1, 0.15) is 0 Å². The normalized spacial score (nSPS) is 18.8. The maximum Gasteiger partial charge on any atom is 0.314 e. The van der Waals surface area contributed by atoms with E-state index < -0.39 is 6.03 Å². The Kier molecular flexibility index (Phi) is 6.37. The first-order valence-corrected chi connectivity index (χ1v) is 11.2. The fourth-order valence-corrected chi connectivity index (χ4v) is 4.22. The standard InChI is InChI=1S/C23H26FN7O3/c24-17-11-15(1-2-20(17)30-5-8-33-9-6-30)18-12-19-21(27-4-3-26-19)22(29-18)28-13-16-14-31(23(25)32)7-10-34-16/h1-4,11-12,16H,5-10,13-14H2,(H2,25,32)(H,28,29). The van der Waals surface area contributed by atoms with Gasteiger partial charge in [0, 0.05) is 44.1 Å². The van der Waals surface area contributed by atoms with Crippen LogP contribution in [0.5, 0.6) is 0 Å². The number of carbonyl (C=O) groups is 1. The second-order valence-electron chi connectivity index (χ2n) is 8.20. The molecule has 178 valence electrons. The summed E-state index contributed by atoms with van der Waals surface area (Å²) in [5.41, 5.74) is 8.41. The molecule has 2 saturated heterocycles. The van der Waals surface area contributed by atoms with Gasteiger partial charge in [0.05, 0.1) is 49.4 Å². The summed E-state index contributed by atoms with van der Waals surface area (Å²) in [4.78, 5) is 28.6. The monoisotopic (exact) mass is 467 g/mol. The lowest BCUT2D eigenvalue weighted by Gasteiger charge is -2.31. The Balaban J connectivity index is 1.40. The number of benzene rings is 1. The van der Waals surface area contributed by atoms with E-state index in [1.165, 1.54) is 6.07 Å². The van der Waals surface area contributed by atoms with Crippen LogP contribution in [0.2, 0.25) is 0 Å². The Morgan fingerprint density at radius 3 is 2.76 bits per heavy atom. The molecule has 3 N–H and O–H groups in total. The summed E-state index contributed by atoms with van der Waals surface area (Å²) < 4.78 is 26.1. The van der Waals surface area contributed by atoms with Crippen molar-refractivity contribution in [3.63, 3.8) is 0 Å². The zero-order valence-electron chi connectivity index (χ0n) is 18.6. The molecule has 2 fully saturated rings. The largest absolute Gasteiger partial charge is 0.378 e. The molecular formula is C23H26FN7O3. The molecule has 0 radical (unpaired) electrons. The average molecular weight is 468 g/mol. The SMILES string of the molecule is NC(=O)N1CCOC(CNc2nc(-c3ccc(N4CCOCC4)c(F)c3)cc3nccnc23)C1. The Labute approximate surface area is 195 Å². The minimum absolute atomic E-state index is 0.247. The number of halogens is 1. The number of hydrogen-bond acceptors (Lipinski definition) is 8. The van der Waals surface area contributed by atoms with Crippen molar-refractivity contribution in [3.05, 3.63) is 42.5 Å². The molecule has 0 saturated carbocycles. The summed E-state index contributed by atoms with van der Waals surface area (Å²) in [6, 6.07) is 6.46. The van der Waals surface area contributed by atoms with E-state index in [1.807, 2.05) is 11.0 Å². The van der Waals surface area contributed by atoms with E-state index in [0.29, 0.717) is 86.3 Å². The summed E-state index contributed by atoms with van der Waals surface area (Å²) in [5.74, 6) is 0.204. The van der Waals surface area contributed by atoms with Crippen molar-refractivity contribution < 1.29 is 18.7 Å². The maximum absolute atomic E-state index is 15.0. The number of anilines is 2. The molecule has 1 atom stereocenters. The number of fused-ring (bicyclic) bond motifs is 1. The van der Waals surface area contributed by atoms with Crippen molar-refractivity contribution >= 4 is 28.6 Å². The third-order valence-corrected chi connectivity index (χ3v) is 6.00. The highest BCUT2D eigenvalue weighted by molar-refractivity contribution is 5.88. The summed E-state index contributed by atoms with van der Waals surface area (Å²) in [5, 5.41) is 3.27. The lowest BCUT2D eigenvalue weighted by Crippen LogP contribution is -2.49. The van der Waals surface area contributed by atoms with Gasteiger partial charge in [-0.05, 0) is 18.2 Å². The number of pyridine rings is 1. The minimum atomic E-state index is -0.465. The second kappa shape index (κ2) is 9.74. The van der Waals surface area contributed by atoms with Crippen LogP contribution in [0.4, 0.5) is 20.7 Å². The fourth-order valence-electron chi connectivity index (χ4n) is 4.22. The van der Waals surface area contributed by atoms with Gasteiger partial charge in [0.15, 0.2) is 5.82 Å². The number of morpholine rings is 2. The number of nitrogens with two attached hydrogens (primary N) is 1. The smallest absolute Gasteiger partial charge is 0.314 e. The third-order valence-electron chi connectivity index (χ3n) is 6.00. The predicted molar refractivity (Wildman–Crippen MR) is 125 cm³/mol. The summed E-state index contributed by atoms with van der Waals surface area (Å²) in [6.45, 7) is 4.16. The van der Waals surface area contributed by atoms with Crippen LogP contribution in [0, 0.1) is 5.82 Å². The van der Waals surface area contributed by atoms with Crippen molar-refractivity contribution in [1.82, 2.24) is 19.9 Å². The van der Waals surface area contributed by atoms with Gasteiger partial charge in [-0.15, -0.1) is 0 Å². The molecular weight excluding hydrogens is 441 g/mol. The van der Waals surface area contributed by atoms with Crippen LogP contribution in [-0.2, 0) is 9.47 Å². The molecule has 3 aromatic rings. The molecule has 2 amide bonds. The molecule has 11 heteroatoms. The number of primary amides is 1. The molecule has 2 aromatic heterocycles. The first-order valence-electron chi connectivity index (χ1n) is 11.2. The van der Waals surface area contributed by atoms with Crippen LogP contribution in [0.15, 0.2) is 36.7 Å². The van der Waals surface area contributed by atoms with Gasteiger partial charge in [0.25, 0.3) is 0 Å². The first-order chi connectivity index (χ1) is 16.6. The number of nitrogens with one attached hydrogen (secondary N) is 1. The zero-order valence-corrected chi connectivity index (χ0v) is 18.6. The molecule has 2 aliphatic rings. The molecule has 2 aliphatic heterocycles. The van der Waals surface area contributed by atoms with E-state index in [2.05, 4.69) is 15.3 Å². The minimum Gasteiger partial charge on any atom is -0.378 e. The predicted octanol–water partition coefficient (Wildman–Crippen LogP) is 1.86. The molecule has 1 aromatic carbocycles. The van der Waals surface area contributed by atoms with Gasteiger partial charge in [-0.25, -0.2) is 19.2 Å². The van der Waals surface area contributed by atoms with Crippen LogP contribution in [0.25, 0.3) is 22.3 Å². The van der Waals surface area contributed by atoms with Gasteiger partial charge in [0.1, 0.15) is 11.3 Å². The number of carbonyl (C=O) groups excluding carboxylic acids is 1. The Hall–Kier alpha value is -3.57. The van der Waals surface area contributed by atoms with Crippen molar-refractivity contribution in [2.24, 2.45) is 5.73 Å². The van der Waals surface area contributed by atoms with Gasteiger partial charge in [-0.3, -0.25) is 4.98 Å². The van der Waals surface area contributed by atoms with Crippen LogP contribution >= 0.6 is 0 Å². The fraction of sp³-hybridized carbons (Fsp3) is 0.391. The van der Waals surface area contributed by atoms with Crippen LogP contribution in [-0.4, -0.2) is 84.5 Å². The van der Waals surface area contributed by atoms with E-state index in [1.54, 1.807) is 29.4 Å². The van der Waals surface area contributed by atoms with Gasteiger partial charge in [-0.2, -0.15) is 0 Å². The molecule has 1 unspecified atom stereocenters. The number of urea groups is 1. The lowest BCUT2D eigenvalue weighted by molar-refractivity contribution is -0.00516. The summed E-state index contributed by atoms with van der Waals surface area (Å²) in [6.07, 6.45) is 2.95. The number of nitrogens with zero attached hydrogens (tertiary/aromatic N) is 5. The lowest BCUT2D eigenvalue weighted by atomic mass is 10.1. The van der Waals surface area contributed by atoms with Gasteiger partial charge in [-0.1, -0.05) is 6.07 Å². The van der Waals surface area contributed by atoms with Gasteiger partial charge in [0.2, 0.25) is 0 Å². The molecule has 5 rings (SSSR count). The van der Waals surface area contributed by atoms with Gasteiger partial charge < -0.3 is 30.3 Å². The zero-order chi connectivity index (χ0) is 23.5. The highest BCUT2D eigenvalue weighted by atomic mass is 19.1. The number of rotatable bonds is 5. The van der Waals surface area contributed by atoms with E-state index >= 15 is 4.39 Å². The number of aromatic nitrogens is 3. The summed E-state index contributed by atoms with van der Waals surface area (Å²) in [7, 11) is 0. The van der Waals surface area contributed by atoms with Crippen molar-refractivity contribution in [2.75, 3.05) is 62.8 Å². The molecule has 4 heterocycles. The van der Waals surface area contributed by atoms with Crippen molar-refractivity contribution in [1.29, 1.82) is 0 Å². The van der Waals surface area contributed by atoms with E-state index in [-0.39, 0.29) is 11.9 Å². The summed E-state index contributed by atoms with van der Waals surface area (Å²) >= 11 is 0. The topological polar surface area (TPSA) is 119 Å². The number of ether oxygens (including phenoxy) is 2. The van der Waals surface area contributed by atoms with Crippen LogP contribution < -0.4 is 16.0 Å². The first kappa shape index (κ1) is 22.2. The van der Waals surface area contributed by atoms with Crippen LogP contribution in [0.3, 0.4) is 0 Å². The molecule has 10 nitrogen and oxygen atoms in total. The molecule has 0 bridgehead atoms. The van der Waals surface area contributed by atoms with E-state index in [9.17, 15) is 4.79 Å². The highest BCUT2D eigenvalue weighted by Gasteiger charge is 2.23. The Morgan fingerprint density at radius 2 is 1.97 bits per heavy atom. The number of amides is 2. The number of hydrogen-bond donors (Lipinski definition) is 2. The van der Waals surface area contributed by atoms with E-state index in [4.69, 9.17) is 20.2 Å². The molecule has 34 heavy (non-hydrogen) atoms. The average Bonchev–Trinajstić information content (AvgIpc) is 2.87. The van der Waals surface area contributed by atoms with E-state index in [0.717, 1.165) is 0 Å². The highest BCUT2D eigenvalue weighted by Crippen LogP contribution is 2.29. The molecule has 0 aliphatic carbocycles. The quantitative estimate of drug-likeness (QED) is 0.584. The Bertz CT molecular complexity index is 1190. The van der Waals surface area contributed by atoms with Crippen molar-refractivity contribution in [3.8, 4) is 11.3 Å². The maximum atomic E-state index is 15.0. The van der Waals surface area contributed by atoms with Crippen molar-refractivity contribution in [2.45, 2.75) is 6.10 Å². The second-order valence-corrected chi connectivity index (χ2v) is 8.20. The van der Waals surface area contributed by atoms with Gasteiger partial charge >= 0.3 is 6.03 Å².